The minimum Gasteiger partial charge on any atom is -0.506 e. The number of carbonyl (C=O) groups is 1. The summed E-state index contributed by atoms with van der Waals surface area (Å²) in [6.07, 6.45) is -1.83. The minimum absolute atomic E-state index is 0.167. The molecule has 0 fully saturated rings. The van der Waals surface area contributed by atoms with Gasteiger partial charge in [0.2, 0.25) is 0 Å². The standard InChI is InChI=1S/CH2O3.ClHO2/c2-1(3)4;2-1-3/h(H2,2,3,4);2H. The second-order valence-electron chi connectivity index (χ2n) is 0.352. The molecule has 7 heavy (non-hydrogen) atoms. The van der Waals surface area contributed by atoms with Crippen LogP contribution in [0.2, 0.25) is 0 Å². The largest absolute Gasteiger partial charge is 0.506 e. The monoisotopic (exact) mass is 130 g/mol. The third kappa shape index (κ3) is 245. The van der Waals surface area contributed by atoms with Gasteiger partial charge in [0, 0.05) is 0 Å². The van der Waals surface area contributed by atoms with Gasteiger partial charge < -0.3 is 14.9 Å². The molecule has 0 aromatic carbocycles. The second kappa shape index (κ2) is 9.08. The van der Waals surface area contributed by atoms with Gasteiger partial charge in [-0.05, 0) is 0 Å². The SMILES string of the molecule is O=C(O)O.[O-][Cl+]O. The van der Waals surface area contributed by atoms with E-state index in [1.54, 1.807) is 0 Å². The lowest BCUT2D eigenvalue weighted by Gasteiger charge is -1.60. The van der Waals surface area contributed by atoms with Crippen molar-refractivity contribution in [2.45, 2.75) is 0 Å². The Balaban J connectivity index is 0. The fourth-order valence-electron chi connectivity index (χ4n) is 0. The van der Waals surface area contributed by atoms with Gasteiger partial charge in [0.05, 0.1) is 0 Å². The lowest BCUT2D eigenvalue weighted by molar-refractivity contribution is -1.27. The topological polar surface area (TPSA) is 101 Å². The van der Waals surface area contributed by atoms with Crippen molar-refractivity contribution >= 4 is 6.16 Å². The molecule has 0 radical (unpaired) electrons. The first-order valence-electron chi connectivity index (χ1n) is 0.975. The molecule has 3 N–H and O–H groups in total. The Kier molecular flexibility index (Phi) is 12.6. The third-order valence-corrected chi connectivity index (χ3v) is 0. The highest BCUT2D eigenvalue weighted by Crippen LogP contribution is 1.42. The van der Waals surface area contributed by atoms with Crippen LogP contribution in [0.15, 0.2) is 0 Å². The maximum Gasteiger partial charge on any atom is 0.503 e. The molecule has 0 aliphatic rings. The van der Waals surface area contributed by atoms with Crippen molar-refractivity contribution in [1.82, 2.24) is 0 Å². The van der Waals surface area contributed by atoms with Crippen LogP contribution in [0, 0.1) is 11.3 Å². The molecule has 0 saturated heterocycles. The molecule has 0 unspecified atom stereocenters. The summed E-state index contributed by atoms with van der Waals surface area (Å²) in [5, 5.41) is 13.9. The number of rotatable bonds is 0. The van der Waals surface area contributed by atoms with E-state index in [9.17, 15) is 0 Å². The molecule has 0 bridgehead atoms. The molecule has 0 saturated carbocycles. The minimum atomic E-state index is -1.83. The maximum atomic E-state index is 8.56. The van der Waals surface area contributed by atoms with Crippen molar-refractivity contribution < 1.29 is 35.7 Å². The van der Waals surface area contributed by atoms with Crippen LogP contribution in [0.25, 0.3) is 0 Å². The van der Waals surface area contributed by atoms with Crippen LogP contribution in [-0.2, 0) is 0 Å². The van der Waals surface area contributed by atoms with Gasteiger partial charge in [-0.1, -0.05) is 0 Å². The number of hydrogen-bond donors (Lipinski definition) is 3. The molecule has 0 aliphatic carbocycles. The Morgan fingerprint density at radius 3 is 1.57 bits per heavy atom. The number of hydrogen-bond acceptors (Lipinski definition) is 3. The fraction of sp³-hybridized carbons (Fsp3) is 0. The van der Waals surface area contributed by atoms with Crippen LogP contribution < -0.4 is 4.66 Å². The summed E-state index contributed by atoms with van der Waals surface area (Å²) in [7, 11) is 0. The Bertz CT molecular complexity index is 39.3. The molecule has 0 rings (SSSR count). The van der Waals surface area contributed by atoms with Crippen molar-refractivity contribution in [2.75, 3.05) is 0 Å². The Labute approximate surface area is 42.9 Å². The quantitative estimate of drug-likeness (QED) is 0.370. The second-order valence-corrected chi connectivity index (χ2v) is 0.490. The van der Waals surface area contributed by atoms with E-state index in [4.69, 9.17) is 24.3 Å². The highest BCUT2D eigenvalue weighted by atomic mass is 35.6. The summed E-state index contributed by atoms with van der Waals surface area (Å²) in [5.74, 6) is 0. The van der Waals surface area contributed by atoms with E-state index in [-0.39, 0.29) is 11.3 Å². The van der Waals surface area contributed by atoms with Crippen molar-refractivity contribution in [3.63, 3.8) is 0 Å². The van der Waals surface area contributed by atoms with Crippen LogP contribution in [0.3, 0.4) is 0 Å². The molecule has 5 nitrogen and oxygen atoms in total. The summed E-state index contributed by atoms with van der Waals surface area (Å²) in [5.41, 5.74) is 0. The highest BCUT2D eigenvalue weighted by Gasteiger charge is 1.70. The van der Waals surface area contributed by atoms with Gasteiger partial charge in [-0.2, -0.15) is 0 Å². The van der Waals surface area contributed by atoms with Gasteiger partial charge in [-0.25, -0.2) is 4.79 Å². The summed E-state index contributed by atoms with van der Waals surface area (Å²) >= 11 is -0.167. The summed E-state index contributed by atoms with van der Waals surface area (Å²) in [6.45, 7) is 0. The van der Waals surface area contributed by atoms with Crippen molar-refractivity contribution in [3.05, 3.63) is 0 Å². The Hall–Kier alpha value is -0.520. The molecule has 0 aromatic rings. The molecule has 0 aromatic heterocycles. The molecular formula is CH3ClO5. The summed E-state index contributed by atoms with van der Waals surface area (Å²) < 4.78 is 15.2. The van der Waals surface area contributed by atoms with Crippen LogP contribution in [-0.4, -0.2) is 21.0 Å². The zero-order valence-electron chi connectivity index (χ0n) is 3.04. The van der Waals surface area contributed by atoms with Gasteiger partial charge in [-0.15, -0.1) is 4.66 Å². The van der Waals surface area contributed by atoms with Gasteiger partial charge in [0.1, 0.15) is 0 Å². The van der Waals surface area contributed by atoms with E-state index >= 15 is 0 Å². The first-order chi connectivity index (χ1) is 3.15. The van der Waals surface area contributed by atoms with Gasteiger partial charge in [0.25, 0.3) is 0 Å². The highest BCUT2D eigenvalue weighted by molar-refractivity contribution is 5.53. The molecule has 0 spiro atoms. The fourth-order valence-corrected chi connectivity index (χ4v) is 0. The molecule has 0 amide bonds. The van der Waals surface area contributed by atoms with E-state index in [0.29, 0.717) is 0 Å². The summed E-state index contributed by atoms with van der Waals surface area (Å²) in [6, 6.07) is 0. The Morgan fingerprint density at radius 2 is 1.57 bits per heavy atom. The summed E-state index contributed by atoms with van der Waals surface area (Å²) in [4.78, 5) is 8.56. The van der Waals surface area contributed by atoms with Crippen molar-refractivity contribution in [3.8, 4) is 0 Å². The molecular weight excluding hydrogens is 127 g/mol. The smallest absolute Gasteiger partial charge is 0.503 e. The molecule has 0 atom stereocenters. The Morgan fingerprint density at radius 1 is 1.57 bits per heavy atom. The molecule has 0 heterocycles. The third-order valence-electron chi connectivity index (χ3n) is 0. The van der Waals surface area contributed by atoms with Crippen LogP contribution >= 0.6 is 0 Å². The van der Waals surface area contributed by atoms with Crippen LogP contribution in [0.1, 0.15) is 0 Å². The molecule has 6 heteroatoms. The first kappa shape index (κ1) is 9.70. The van der Waals surface area contributed by atoms with E-state index in [2.05, 4.69) is 0 Å². The van der Waals surface area contributed by atoms with Crippen molar-refractivity contribution in [1.29, 1.82) is 0 Å². The van der Waals surface area contributed by atoms with Crippen LogP contribution in [0.5, 0.6) is 0 Å². The predicted octanol–water partition coefficient (Wildman–Crippen LogP) is -1.52. The number of carboxylic acid groups (broad SMARTS) is 2. The zero-order valence-corrected chi connectivity index (χ0v) is 3.79. The van der Waals surface area contributed by atoms with Crippen molar-refractivity contribution in [2.24, 2.45) is 0 Å². The van der Waals surface area contributed by atoms with Crippen LogP contribution in [0.4, 0.5) is 4.79 Å². The van der Waals surface area contributed by atoms with E-state index in [0.717, 1.165) is 0 Å². The maximum absolute atomic E-state index is 8.56. The van der Waals surface area contributed by atoms with Gasteiger partial charge >= 0.3 is 17.5 Å². The van der Waals surface area contributed by atoms with E-state index < -0.39 is 6.16 Å². The molecule has 44 valence electrons. The lowest BCUT2D eigenvalue weighted by Crippen LogP contribution is -1.94. The lowest BCUT2D eigenvalue weighted by atomic mass is 11.5. The predicted molar refractivity (Wildman–Crippen MR) is 12.9 cm³/mol. The number of halogens is 1. The average Bonchev–Trinajstić information content (AvgIpc) is 1.33. The first-order valence-corrected chi connectivity index (χ1v) is 1.62. The molecule has 0 aliphatic heterocycles. The van der Waals surface area contributed by atoms with Gasteiger partial charge in [-0.3, -0.25) is 0 Å². The van der Waals surface area contributed by atoms with E-state index in [1.165, 1.54) is 0 Å². The zero-order chi connectivity index (χ0) is 6.28. The normalized spacial score (nSPS) is 6.00. The average molecular weight is 130 g/mol. The van der Waals surface area contributed by atoms with Gasteiger partial charge in [0.15, 0.2) is 0 Å². The van der Waals surface area contributed by atoms with E-state index in [1.807, 2.05) is 0 Å².